The maximum Gasteiger partial charge on any atom is 0.293 e. The van der Waals surface area contributed by atoms with E-state index in [0.717, 1.165) is 9.13 Å². The number of amides is 2. The topological polar surface area (TPSA) is 299 Å². The molecular weight excluding hydrogens is 1250 g/mol. The van der Waals surface area contributed by atoms with Gasteiger partial charge < -0.3 is 53.9 Å². The minimum Gasteiger partial charge on any atom is -0.391 e. The molecule has 0 atom stereocenters. The molecule has 0 radical (unpaired) electrons. The van der Waals surface area contributed by atoms with E-state index in [1.54, 1.807) is 26.0 Å². The first-order valence-corrected chi connectivity index (χ1v) is 24.3. The molecule has 0 aliphatic carbocycles. The SMILES string of the molecule is Cc1cnc(NCC(F)(F)c2ccccc2)c(=O)n1CC(=O)NCCON=C(N)N.Cc1cnc(NCC(F)(F)c2ccccc2)c(=O)n1CC(=O)NCCON=C(N)N.Cl.Cl.I.II. The van der Waals surface area contributed by atoms with Gasteiger partial charge in [0, 0.05) is 72.1 Å². The van der Waals surface area contributed by atoms with E-state index in [9.17, 15) is 36.7 Å². The fourth-order valence-corrected chi connectivity index (χ4v) is 4.85. The fourth-order valence-electron chi connectivity index (χ4n) is 4.85. The van der Waals surface area contributed by atoms with Gasteiger partial charge in [0.1, 0.15) is 26.3 Å². The maximum absolute atomic E-state index is 14.3. The molecule has 0 spiro atoms. The predicted molar refractivity (Wildman–Crippen MR) is 272 cm³/mol. The summed E-state index contributed by atoms with van der Waals surface area (Å²) in [7, 11) is 0. The maximum atomic E-state index is 14.3. The summed E-state index contributed by atoms with van der Waals surface area (Å²) in [6, 6.07) is 14.4. The molecule has 4 aromatic rings. The number of benzene rings is 2. The molecule has 4 rings (SSSR count). The number of nitrogens with one attached hydrogen (secondary N) is 4. The number of nitrogens with zero attached hydrogens (tertiary/aromatic N) is 6. The van der Waals surface area contributed by atoms with Crippen molar-refractivity contribution in [3.05, 3.63) is 116 Å². The highest BCUT2D eigenvalue weighted by Gasteiger charge is 2.32. The lowest BCUT2D eigenvalue weighted by Crippen LogP contribution is -2.37. The molecule has 362 valence electrons. The van der Waals surface area contributed by atoms with Crippen molar-refractivity contribution >= 4 is 121 Å². The summed E-state index contributed by atoms with van der Waals surface area (Å²) in [6.45, 7) is 1.11. The summed E-state index contributed by atoms with van der Waals surface area (Å²) >= 11 is 4.24. The third-order valence-corrected chi connectivity index (χ3v) is 7.83. The first-order chi connectivity index (χ1) is 29.4. The van der Waals surface area contributed by atoms with Gasteiger partial charge in [-0.2, -0.15) is 17.6 Å². The van der Waals surface area contributed by atoms with Crippen LogP contribution in [0, 0.1) is 13.8 Å². The van der Waals surface area contributed by atoms with E-state index < -0.39 is 47.9 Å². The van der Waals surface area contributed by atoms with Crippen LogP contribution in [0.3, 0.4) is 0 Å². The monoisotopic (exact) mass is 1300 g/mol. The Kier molecular flexibility index (Phi) is 30.9. The molecule has 20 nitrogen and oxygen atoms in total. The average molecular weight is 1300 g/mol. The third-order valence-electron chi connectivity index (χ3n) is 7.83. The number of carbonyl (C=O) groups excluding carboxylic acids is 2. The van der Waals surface area contributed by atoms with Gasteiger partial charge in [0.05, 0.1) is 26.2 Å². The van der Waals surface area contributed by atoms with Gasteiger partial charge in [-0.05, 0) is 24.2 Å². The second kappa shape index (κ2) is 32.1. The van der Waals surface area contributed by atoms with Crippen LogP contribution in [0.1, 0.15) is 22.5 Å². The minimum atomic E-state index is -3.21. The zero-order valence-corrected chi connectivity index (χ0v) is 42.8. The molecule has 0 aliphatic heterocycles. The van der Waals surface area contributed by atoms with E-state index in [1.165, 1.54) is 60.9 Å². The predicted octanol–water partition coefficient (Wildman–Crippen LogP) is 3.39. The van der Waals surface area contributed by atoms with Crippen molar-refractivity contribution in [2.24, 2.45) is 33.2 Å². The van der Waals surface area contributed by atoms with Crippen molar-refractivity contribution in [1.29, 1.82) is 0 Å². The second-order valence-electron chi connectivity index (χ2n) is 12.5. The molecule has 0 fully saturated rings. The molecule has 0 bridgehead atoms. The lowest BCUT2D eigenvalue weighted by Gasteiger charge is -2.18. The van der Waals surface area contributed by atoms with Gasteiger partial charge in [0.15, 0.2) is 11.6 Å². The van der Waals surface area contributed by atoms with Crippen LogP contribution in [0.25, 0.3) is 0 Å². The molecule has 12 N–H and O–H groups in total. The van der Waals surface area contributed by atoms with Gasteiger partial charge in [0.2, 0.25) is 23.7 Å². The first-order valence-electron chi connectivity index (χ1n) is 18.0. The van der Waals surface area contributed by atoms with Crippen LogP contribution < -0.4 is 55.3 Å². The van der Waals surface area contributed by atoms with Gasteiger partial charge in [-0.25, -0.2) is 9.97 Å². The van der Waals surface area contributed by atoms with Gasteiger partial charge >= 0.3 is 0 Å². The smallest absolute Gasteiger partial charge is 0.293 e. The van der Waals surface area contributed by atoms with Crippen molar-refractivity contribution in [1.82, 2.24) is 29.7 Å². The first kappa shape index (κ1) is 62.5. The van der Waals surface area contributed by atoms with Crippen LogP contribution in [0.2, 0.25) is 0 Å². The molecule has 0 saturated heterocycles. The molecule has 2 aromatic heterocycles. The minimum absolute atomic E-state index is 0. The van der Waals surface area contributed by atoms with Crippen LogP contribution in [-0.2, 0) is 44.2 Å². The highest BCUT2D eigenvalue weighted by Crippen LogP contribution is 2.28. The summed E-state index contributed by atoms with van der Waals surface area (Å²) < 4.78 is 59.5. The molecule has 29 heteroatoms. The zero-order valence-electron chi connectivity index (χ0n) is 34.5. The van der Waals surface area contributed by atoms with Gasteiger partial charge in [-0.1, -0.05) is 60.7 Å². The zero-order chi connectivity index (χ0) is 46.3. The van der Waals surface area contributed by atoms with Crippen LogP contribution in [0.5, 0.6) is 0 Å². The number of hydrogen-bond donors (Lipinski definition) is 8. The number of aryl methyl sites for hydroxylation is 2. The number of oxime groups is 2. The Morgan fingerprint density at radius 1 is 0.662 bits per heavy atom. The van der Waals surface area contributed by atoms with E-state index in [1.807, 2.05) is 0 Å². The summed E-state index contributed by atoms with van der Waals surface area (Å²) in [5.41, 5.74) is 19.4. The van der Waals surface area contributed by atoms with Crippen molar-refractivity contribution < 1.29 is 36.8 Å². The Hall–Kier alpha value is -4.63. The molecule has 2 amide bonds. The Morgan fingerprint density at radius 3 is 1.29 bits per heavy atom. The van der Waals surface area contributed by atoms with E-state index in [0.29, 0.717) is 11.4 Å². The third kappa shape index (κ3) is 22.4. The highest BCUT2D eigenvalue weighted by molar-refractivity contribution is 15.0. The van der Waals surface area contributed by atoms with Crippen LogP contribution >= 0.6 is 86.0 Å². The van der Waals surface area contributed by atoms with E-state index in [4.69, 9.17) is 32.6 Å². The number of aromatic nitrogens is 4. The Morgan fingerprint density at radius 2 is 0.985 bits per heavy atom. The molecular formula is C36H49Cl2F4I3N14O6. The normalized spacial score (nSPS) is 10.2. The quantitative estimate of drug-likeness (QED) is 0.0157. The van der Waals surface area contributed by atoms with Gasteiger partial charge in [-0.3, -0.25) is 28.3 Å². The highest BCUT2D eigenvalue weighted by atomic mass is 128. The number of nitrogens with two attached hydrogens (primary N) is 4. The largest absolute Gasteiger partial charge is 0.391 e. The summed E-state index contributed by atoms with van der Waals surface area (Å²) in [5.74, 6) is -8.45. The summed E-state index contributed by atoms with van der Waals surface area (Å²) in [5, 5.41) is 16.4. The number of hydrogen-bond acceptors (Lipinski definition) is 12. The molecule has 0 aliphatic rings. The number of rotatable bonds is 20. The number of anilines is 2. The lowest BCUT2D eigenvalue weighted by atomic mass is 10.1. The van der Waals surface area contributed by atoms with Crippen LogP contribution in [-0.4, -0.2) is 82.2 Å². The number of carbonyl (C=O) groups is 2. The van der Waals surface area contributed by atoms with Gasteiger partial charge in [0.25, 0.3) is 23.0 Å². The molecule has 2 heterocycles. The van der Waals surface area contributed by atoms with Crippen LogP contribution in [0.4, 0.5) is 29.2 Å². The molecule has 0 saturated carbocycles. The number of halogens is 9. The Balaban J connectivity index is 0. The Bertz CT molecular complexity index is 2070. The van der Waals surface area contributed by atoms with E-state index in [2.05, 4.69) is 78.8 Å². The van der Waals surface area contributed by atoms with E-state index >= 15 is 0 Å². The van der Waals surface area contributed by atoms with Crippen LogP contribution in [0.15, 0.2) is 93.0 Å². The Labute approximate surface area is 423 Å². The van der Waals surface area contributed by atoms with Crippen molar-refractivity contribution in [2.45, 2.75) is 38.8 Å². The molecule has 0 unspecified atom stereocenters. The molecule has 2 aromatic carbocycles. The average Bonchev–Trinajstić information content (AvgIpc) is 3.24. The lowest BCUT2D eigenvalue weighted by molar-refractivity contribution is -0.122. The van der Waals surface area contributed by atoms with Crippen molar-refractivity contribution in [3.63, 3.8) is 0 Å². The van der Waals surface area contributed by atoms with Crippen molar-refractivity contribution in [2.75, 3.05) is 50.0 Å². The number of alkyl halides is 4. The molecule has 65 heavy (non-hydrogen) atoms. The van der Waals surface area contributed by atoms with Crippen molar-refractivity contribution in [3.8, 4) is 0 Å². The second-order valence-corrected chi connectivity index (χ2v) is 12.5. The summed E-state index contributed by atoms with van der Waals surface area (Å²) in [4.78, 5) is 66.5. The standard InChI is InChI=1S/2C18H23F2N7O3.2ClH.I2.HI/c2*1-12-9-24-15(25-11-18(19,20)13-5-3-2-4-6-13)16(29)27(12)10-14(28)23-7-8-30-26-17(21)22;;;1-2;/h2*2-6,9H,7-8,10-11H2,1H3,(H,23,28)(H,24,25)(H4,21,22,26);2*1H;;1H. The summed E-state index contributed by atoms with van der Waals surface area (Å²) in [6.07, 6.45) is 2.64. The van der Waals surface area contributed by atoms with Gasteiger partial charge in [-0.15, -0.1) is 48.8 Å². The number of guanidine groups is 2. The fraction of sp³-hybridized carbons (Fsp3) is 0.333. The van der Waals surface area contributed by atoms with E-state index in [-0.39, 0.29) is 123 Å².